The van der Waals surface area contributed by atoms with Crippen LogP contribution in [-0.2, 0) is 11.3 Å². The highest BCUT2D eigenvalue weighted by Gasteiger charge is 2.32. The van der Waals surface area contributed by atoms with E-state index >= 15 is 0 Å². The first-order valence-electron chi connectivity index (χ1n) is 11.0. The van der Waals surface area contributed by atoms with Gasteiger partial charge in [-0.1, -0.05) is 12.1 Å². The smallest absolute Gasteiger partial charge is 0.234 e. The average molecular weight is 485 g/mol. The van der Waals surface area contributed by atoms with Crippen molar-refractivity contribution in [3.05, 3.63) is 58.7 Å². The zero-order valence-electron chi connectivity index (χ0n) is 19.4. The second-order valence-electron chi connectivity index (χ2n) is 8.41. The van der Waals surface area contributed by atoms with E-state index in [9.17, 15) is 9.59 Å². The Morgan fingerprint density at radius 2 is 1.76 bits per heavy atom. The Hall–Kier alpha value is -3.12. The van der Waals surface area contributed by atoms with Crippen LogP contribution in [0.2, 0.25) is 0 Å². The van der Waals surface area contributed by atoms with Gasteiger partial charge in [0.05, 0.1) is 38.4 Å². The zero-order valence-corrected chi connectivity index (χ0v) is 20.2. The third-order valence-electron chi connectivity index (χ3n) is 6.25. The van der Waals surface area contributed by atoms with Crippen molar-refractivity contribution in [2.45, 2.75) is 19.0 Å². The maximum atomic E-state index is 12.7. The Morgan fingerprint density at radius 1 is 1.09 bits per heavy atom. The van der Waals surface area contributed by atoms with Gasteiger partial charge in [0.1, 0.15) is 0 Å². The molecule has 0 spiro atoms. The van der Waals surface area contributed by atoms with Gasteiger partial charge >= 0.3 is 0 Å². The number of nitrogens with one attached hydrogen (secondary N) is 1. The fourth-order valence-electron chi connectivity index (χ4n) is 4.50. The summed E-state index contributed by atoms with van der Waals surface area (Å²) in [5.74, 6) is 0.950. The number of hydrogen-bond donors (Lipinski definition) is 1. The molecule has 2 aliphatic rings. The van der Waals surface area contributed by atoms with Gasteiger partial charge in [0.15, 0.2) is 17.3 Å². The number of nitrogens with zero attached hydrogens (tertiary/aromatic N) is 3. The van der Waals surface area contributed by atoms with E-state index in [2.05, 4.69) is 21.2 Å². The van der Waals surface area contributed by atoms with Gasteiger partial charge in [0.2, 0.25) is 5.91 Å². The van der Waals surface area contributed by atoms with Crippen molar-refractivity contribution < 1.29 is 19.1 Å². The highest BCUT2D eigenvalue weighted by Crippen LogP contribution is 2.39. The van der Waals surface area contributed by atoms with Crippen molar-refractivity contribution in [3.8, 4) is 17.6 Å². The maximum Gasteiger partial charge on any atom is 0.234 e. The predicted molar refractivity (Wildman–Crippen MR) is 129 cm³/mol. The molecule has 8 nitrogen and oxygen atoms in total. The molecule has 0 aromatic heterocycles. The van der Waals surface area contributed by atoms with Gasteiger partial charge in [-0.3, -0.25) is 19.4 Å². The number of hydrogen-bond acceptors (Lipinski definition) is 7. The second kappa shape index (κ2) is 11.3. The molecule has 1 atom stereocenters. The Kier molecular flexibility index (Phi) is 8.51. The van der Waals surface area contributed by atoms with E-state index in [0.717, 1.165) is 43.9 Å². The lowest BCUT2D eigenvalue weighted by Crippen LogP contribution is -2.49. The molecule has 1 aliphatic heterocycles. The Balaban J connectivity index is 0.00000324. The van der Waals surface area contributed by atoms with E-state index in [1.807, 2.05) is 24.3 Å². The largest absolute Gasteiger partial charge is 0.493 e. The molecule has 1 saturated heterocycles. The van der Waals surface area contributed by atoms with Gasteiger partial charge in [-0.15, -0.1) is 12.4 Å². The van der Waals surface area contributed by atoms with E-state index < -0.39 is 0 Å². The number of benzene rings is 2. The molecule has 0 saturated carbocycles. The summed E-state index contributed by atoms with van der Waals surface area (Å²) in [4.78, 5) is 29.7. The molecule has 0 bridgehead atoms. The minimum atomic E-state index is -0.353. The van der Waals surface area contributed by atoms with Crippen LogP contribution in [0.4, 0.5) is 0 Å². The van der Waals surface area contributed by atoms with Crippen molar-refractivity contribution in [1.29, 1.82) is 5.26 Å². The van der Waals surface area contributed by atoms with Crippen LogP contribution in [0, 0.1) is 11.3 Å². The molecule has 180 valence electrons. The van der Waals surface area contributed by atoms with Crippen LogP contribution in [0.1, 0.15) is 39.5 Å². The number of nitriles is 1. The van der Waals surface area contributed by atoms with Gasteiger partial charge in [0, 0.05) is 44.7 Å². The number of amides is 1. The molecular formula is C25H29ClN4O4. The van der Waals surface area contributed by atoms with E-state index in [1.54, 1.807) is 19.2 Å². The topological polar surface area (TPSA) is 94.9 Å². The molecule has 1 N–H and O–H groups in total. The van der Waals surface area contributed by atoms with E-state index in [4.69, 9.17) is 14.7 Å². The van der Waals surface area contributed by atoms with Crippen molar-refractivity contribution >= 4 is 24.1 Å². The molecule has 0 radical (unpaired) electrons. The standard InChI is InChI=1S/C25H28N4O4.ClH/c1-32-23-11-19-20(12-24(23)33-2)22(30)13-21(19)27-25(31)16-29-8-6-28(7-9-29)15-18-5-3-4-17(10-18)14-26;/h3-5,10-12,21H,6-9,13,15-16H2,1-2H3,(H,27,31);1H. The minimum absolute atomic E-state index is 0. The average Bonchev–Trinajstić information content (AvgIpc) is 3.13. The normalized spacial score (nSPS) is 17.9. The molecule has 1 unspecified atom stereocenters. The maximum absolute atomic E-state index is 12.7. The monoisotopic (exact) mass is 484 g/mol. The first-order valence-corrected chi connectivity index (χ1v) is 11.0. The SMILES string of the molecule is COc1cc2c(cc1OC)C(NC(=O)CN1CCN(Cc3cccc(C#N)c3)CC1)CC2=O.Cl. The van der Waals surface area contributed by atoms with Crippen molar-refractivity contribution in [1.82, 2.24) is 15.1 Å². The summed E-state index contributed by atoms with van der Waals surface area (Å²) in [7, 11) is 3.08. The third kappa shape index (κ3) is 5.68. The number of ketones is 1. The van der Waals surface area contributed by atoms with Crippen LogP contribution in [0.15, 0.2) is 36.4 Å². The van der Waals surface area contributed by atoms with Gasteiger partial charge < -0.3 is 14.8 Å². The second-order valence-corrected chi connectivity index (χ2v) is 8.41. The molecule has 4 rings (SSSR count). The van der Waals surface area contributed by atoms with Crippen LogP contribution < -0.4 is 14.8 Å². The number of carbonyl (C=O) groups excluding carboxylic acids is 2. The minimum Gasteiger partial charge on any atom is -0.493 e. The molecule has 9 heteroatoms. The van der Waals surface area contributed by atoms with Crippen LogP contribution in [-0.4, -0.2) is 68.4 Å². The van der Waals surface area contributed by atoms with Gasteiger partial charge in [-0.25, -0.2) is 0 Å². The molecule has 2 aromatic carbocycles. The zero-order chi connectivity index (χ0) is 23.4. The summed E-state index contributed by atoms with van der Waals surface area (Å²) >= 11 is 0. The summed E-state index contributed by atoms with van der Waals surface area (Å²) in [6.45, 7) is 4.37. The van der Waals surface area contributed by atoms with Gasteiger partial charge in [0.25, 0.3) is 0 Å². The quantitative estimate of drug-likeness (QED) is 0.645. The number of ether oxygens (including phenoxy) is 2. The van der Waals surface area contributed by atoms with Crippen LogP contribution in [0.25, 0.3) is 0 Å². The molecular weight excluding hydrogens is 456 g/mol. The highest BCUT2D eigenvalue weighted by molar-refractivity contribution is 6.02. The number of halogens is 1. The molecule has 1 aliphatic carbocycles. The predicted octanol–water partition coefficient (Wildman–Crippen LogP) is 2.56. The number of Topliss-reactive ketones (excluding diaryl/α,β-unsaturated/α-hetero) is 1. The lowest BCUT2D eigenvalue weighted by molar-refractivity contribution is -0.123. The van der Waals surface area contributed by atoms with E-state index in [0.29, 0.717) is 29.2 Å². The van der Waals surface area contributed by atoms with Crippen LogP contribution in [0.5, 0.6) is 11.5 Å². The van der Waals surface area contributed by atoms with Crippen LogP contribution in [0.3, 0.4) is 0 Å². The summed E-state index contributed by atoms with van der Waals surface area (Å²) in [5, 5.41) is 12.1. The number of methoxy groups -OCH3 is 2. The third-order valence-corrected chi connectivity index (χ3v) is 6.25. The molecule has 1 heterocycles. The lowest BCUT2D eigenvalue weighted by atomic mass is 10.1. The van der Waals surface area contributed by atoms with Crippen molar-refractivity contribution in [2.24, 2.45) is 0 Å². The fraction of sp³-hybridized carbons (Fsp3) is 0.400. The molecule has 2 aromatic rings. The van der Waals surface area contributed by atoms with E-state index in [1.165, 1.54) is 7.11 Å². The van der Waals surface area contributed by atoms with Gasteiger partial charge in [-0.05, 0) is 35.4 Å². The molecule has 34 heavy (non-hydrogen) atoms. The van der Waals surface area contributed by atoms with Crippen molar-refractivity contribution in [3.63, 3.8) is 0 Å². The first kappa shape index (κ1) is 25.5. The van der Waals surface area contributed by atoms with E-state index in [-0.39, 0.29) is 36.6 Å². The van der Waals surface area contributed by atoms with Crippen LogP contribution >= 0.6 is 12.4 Å². The van der Waals surface area contributed by atoms with Crippen molar-refractivity contribution in [2.75, 3.05) is 46.9 Å². The highest BCUT2D eigenvalue weighted by atomic mass is 35.5. The summed E-state index contributed by atoms with van der Waals surface area (Å²) < 4.78 is 10.7. The number of carbonyl (C=O) groups is 2. The first-order chi connectivity index (χ1) is 16.0. The number of piperazine rings is 1. The summed E-state index contributed by atoms with van der Waals surface area (Å²) in [5.41, 5.74) is 3.14. The number of fused-ring (bicyclic) bond motifs is 1. The number of rotatable bonds is 7. The Bertz CT molecular complexity index is 1090. The molecule has 1 amide bonds. The van der Waals surface area contributed by atoms with Gasteiger partial charge in [-0.2, -0.15) is 5.26 Å². The summed E-state index contributed by atoms with van der Waals surface area (Å²) in [6, 6.07) is 13.0. The summed E-state index contributed by atoms with van der Waals surface area (Å²) in [6.07, 6.45) is 0.243. The Morgan fingerprint density at radius 3 is 2.44 bits per heavy atom. The molecule has 1 fully saturated rings. The lowest BCUT2D eigenvalue weighted by Gasteiger charge is -2.34. The fourth-order valence-corrected chi connectivity index (χ4v) is 4.50. The Labute approximate surface area is 205 Å².